The van der Waals surface area contributed by atoms with Crippen LogP contribution >= 0.6 is 0 Å². The summed E-state index contributed by atoms with van der Waals surface area (Å²) in [7, 11) is 1.59. The van der Waals surface area contributed by atoms with E-state index in [1.807, 2.05) is 36.4 Å². The van der Waals surface area contributed by atoms with E-state index in [-0.39, 0.29) is 23.8 Å². The van der Waals surface area contributed by atoms with Crippen LogP contribution in [0, 0.1) is 0 Å². The Morgan fingerprint density at radius 1 is 0.962 bits per heavy atom. The average Bonchev–Trinajstić information content (AvgIpc) is 2.64. The topological polar surface area (TPSA) is 67.4 Å². The zero-order valence-corrected chi connectivity index (χ0v) is 15.8. The molecule has 0 saturated carbocycles. The number of carbonyl (C=O) groups is 2. The van der Waals surface area contributed by atoms with Crippen molar-refractivity contribution in [1.82, 2.24) is 10.6 Å². The second-order valence-corrected chi connectivity index (χ2v) is 7.10. The summed E-state index contributed by atoms with van der Waals surface area (Å²) >= 11 is 0. The van der Waals surface area contributed by atoms with Crippen LogP contribution in [0.5, 0.6) is 5.75 Å². The van der Waals surface area contributed by atoms with Crippen molar-refractivity contribution in [3.8, 4) is 5.75 Å². The van der Waals surface area contributed by atoms with E-state index >= 15 is 0 Å². The lowest BCUT2D eigenvalue weighted by atomic mass is 9.87. The van der Waals surface area contributed by atoms with Crippen molar-refractivity contribution in [3.05, 3.63) is 65.2 Å². The van der Waals surface area contributed by atoms with E-state index in [1.165, 1.54) is 0 Å². The maximum absolute atomic E-state index is 12.2. The zero-order chi connectivity index (χ0) is 19.2. The highest BCUT2D eigenvalue weighted by atomic mass is 16.5. The molecule has 138 valence electrons. The molecule has 0 fully saturated rings. The highest BCUT2D eigenvalue weighted by molar-refractivity contribution is 5.96. The third kappa shape index (κ3) is 5.34. The molecule has 2 rings (SSSR count). The third-order valence-corrected chi connectivity index (χ3v) is 4.09. The van der Waals surface area contributed by atoms with E-state index in [2.05, 4.69) is 31.4 Å². The standard InChI is InChI=1S/C21H26N2O3/c1-21(2,3)17-11-9-15(10-12-17)20(25)23-14-19(24)22-13-16-7-5-6-8-18(16)26-4/h5-12H,13-14H2,1-4H3,(H,22,24)(H,23,25). The smallest absolute Gasteiger partial charge is 0.251 e. The summed E-state index contributed by atoms with van der Waals surface area (Å²) in [4.78, 5) is 24.1. The molecule has 0 aliphatic heterocycles. The molecule has 0 saturated heterocycles. The van der Waals surface area contributed by atoms with E-state index in [9.17, 15) is 9.59 Å². The van der Waals surface area contributed by atoms with Crippen LogP contribution in [0.2, 0.25) is 0 Å². The molecular weight excluding hydrogens is 328 g/mol. The quantitative estimate of drug-likeness (QED) is 0.838. The van der Waals surface area contributed by atoms with Crippen LogP contribution in [0.25, 0.3) is 0 Å². The molecule has 0 aliphatic carbocycles. The van der Waals surface area contributed by atoms with Crippen molar-refractivity contribution in [1.29, 1.82) is 0 Å². The van der Waals surface area contributed by atoms with Gasteiger partial charge in [0.15, 0.2) is 0 Å². The lowest BCUT2D eigenvalue weighted by Crippen LogP contribution is -2.36. The van der Waals surface area contributed by atoms with Gasteiger partial charge in [-0.25, -0.2) is 0 Å². The third-order valence-electron chi connectivity index (χ3n) is 4.09. The summed E-state index contributed by atoms with van der Waals surface area (Å²) in [5, 5.41) is 5.42. The molecule has 2 amide bonds. The first-order valence-corrected chi connectivity index (χ1v) is 8.58. The Labute approximate surface area is 154 Å². The van der Waals surface area contributed by atoms with Crippen LogP contribution in [0.1, 0.15) is 42.3 Å². The Morgan fingerprint density at radius 3 is 2.23 bits per heavy atom. The van der Waals surface area contributed by atoms with Gasteiger partial charge in [0.05, 0.1) is 13.7 Å². The van der Waals surface area contributed by atoms with Gasteiger partial charge in [-0.2, -0.15) is 0 Å². The normalized spacial score (nSPS) is 10.9. The minimum atomic E-state index is -0.266. The minimum Gasteiger partial charge on any atom is -0.496 e. The maximum atomic E-state index is 12.2. The van der Waals surface area contributed by atoms with Crippen molar-refractivity contribution in [2.45, 2.75) is 32.7 Å². The van der Waals surface area contributed by atoms with Crippen LogP contribution in [0.4, 0.5) is 0 Å². The highest BCUT2D eigenvalue weighted by Crippen LogP contribution is 2.22. The Morgan fingerprint density at radius 2 is 1.62 bits per heavy atom. The molecule has 2 aromatic rings. The Bertz CT molecular complexity index is 762. The van der Waals surface area contributed by atoms with Crippen molar-refractivity contribution < 1.29 is 14.3 Å². The number of ether oxygens (including phenoxy) is 1. The minimum absolute atomic E-state index is 0.0351. The van der Waals surface area contributed by atoms with Crippen LogP contribution < -0.4 is 15.4 Å². The number of carbonyl (C=O) groups excluding carboxylic acids is 2. The number of rotatable bonds is 6. The number of para-hydroxylation sites is 1. The van der Waals surface area contributed by atoms with E-state index in [4.69, 9.17) is 4.74 Å². The molecule has 2 aromatic carbocycles. The molecule has 5 nitrogen and oxygen atoms in total. The fourth-order valence-corrected chi connectivity index (χ4v) is 2.49. The first kappa shape index (κ1) is 19.5. The molecule has 0 atom stereocenters. The van der Waals surface area contributed by atoms with Crippen LogP contribution in [0.3, 0.4) is 0 Å². The molecule has 0 bridgehead atoms. The van der Waals surface area contributed by atoms with Gasteiger partial charge in [0.1, 0.15) is 5.75 Å². The Balaban J connectivity index is 1.84. The molecule has 2 N–H and O–H groups in total. The number of nitrogens with one attached hydrogen (secondary N) is 2. The monoisotopic (exact) mass is 354 g/mol. The number of hydrogen-bond acceptors (Lipinski definition) is 3. The predicted molar refractivity (Wildman–Crippen MR) is 102 cm³/mol. The predicted octanol–water partition coefficient (Wildman–Crippen LogP) is 3.04. The highest BCUT2D eigenvalue weighted by Gasteiger charge is 2.14. The van der Waals surface area contributed by atoms with Crippen LogP contribution in [0.15, 0.2) is 48.5 Å². The van der Waals surface area contributed by atoms with E-state index in [0.29, 0.717) is 12.1 Å². The molecule has 0 radical (unpaired) electrons. The number of amides is 2. The molecule has 26 heavy (non-hydrogen) atoms. The average molecular weight is 354 g/mol. The second kappa shape index (κ2) is 8.52. The molecule has 0 spiro atoms. The van der Waals surface area contributed by atoms with Gasteiger partial charge in [-0.15, -0.1) is 0 Å². The first-order chi connectivity index (χ1) is 12.3. The largest absolute Gasteiger partial charge is 0.496 e. The van der Waals surface area contributed by atoms with Crippen LogP contribution in [-0.4, -0.2) is 25.5 Å². The SMILES string of the molecule is COc1ccccc1CNC(=O)CNC(=O)c1ccc(C(C)(C)C)cc1. The molecular formula is C21H26N2O3. The summed E-state index contributed by atoms with van der Waals surface area (Å²) in [6, 6.07) is 14.9. The second-order valence-electron chi connectivity index (χ2n) is 7.10. The summed E-state index contributed by atoms with van der Waals surface area (Å²) < 4.78 is 5.25. The summed E-state index contributed by atoms with van der Waals surface area (Å²) in [6.45, 7) is 6.63. The van der Waals surface area contributed by atoms with Gasteiger partial charge in [-0.3, -0.25) is 9.59 Å². The lowest BCUT2D eigenvalue weighted by molar-refractivity contribution is -0.120. The molecule has 5 heteroatoms. The van der Waals surface area contributed by atoms with E-state index in [0.717, 1.165) is 16.9 Å². The van der Waals surface area contributed by atoms with Gasteiger partial charge in [0, 0.05) is 17.7 Å². The summed E-state index contributed by atoms with van der Waals surface area (Å²) in [5.74, 6) is 0.198. The van der Waals surface area contributed by atoms with Crippen molar-refractivity contribution in [3.63, 3.8) is 0 Å². The van der Waals surface area contributed by atoms with E-state index in [1.54, 1.807) is 19.2 Å². The fourth-order valence-electron chi connectivity index (χ4n) is 2.49. The van der Waals surface area contributed by atoms with E-state index < -0.39 is 0 Å². The Hall–Kier alpha value is -2.82. The summed E-state index contributed by atoms with van der Waals surface area (Å²) in [6.07, 6.45) is 0. The van der Waals surface area contributed by atoms with Gasteiger partial charge in [0.25, 0.3) is 5.91 Å². The van der Waals surface area contributed by atoms with Gasteiger partial charge < -0.3 is 15.4 Å². The van der Waals surface area contributed by atoms with Gasteiger partial charge in [-0.05, 0) is 29.2 Å². The van der Waals surface area contributed by atoms with Gasteiger partial charge in [-0.1, -0.05) is 51.1 Å². The molecule has 0 aliphatic rings. The lowest BCUT2D eigenvalue weighted by Gasteiger charge is -2.19. The Kier molecular flexibility index (Phi) is 6.39. The molecule has 0 unspecified atom stereocenters. The van der Waals surface area contributed by atoms with Crippen LogP contribution in [-0.2, 0) is 16.8 Å². The summed E-state index contributed by atoms with van der Waals surface area (Å²) in [5.41, 5.74) is 2.61. The van der Waals surface area contributed by atoms with Crippen molar-refractivity contribution in [2.24, 2.45) is 0 Å². The number of hydrogen-bond donors (Lipinski definition) is 2. The molecule has 0 aromatic heterocycles. The van der Waals surface area contributed by atoms with Crippen molar-refractivity contribution >= 4 is 11.8 Å². The van der Waals surface area contributed by atoms with Crippen molar-refractivity contribution in [2.75, 3.05) is 13.7 Å². The number of methoxy groups -OCH3 is 1. The maximum Gasteiger partial charge on any atom is 0.251 e. The number of benzene rings is 2. The van der Waals surface area contributed by atoms with Gasteiger partial charge in [0.2, 0.25) is 5.91 Å². The van der Waals surface area contributed by atoms with Gasteiger partial charge >= 0.3 is 0 Å². The molecule has 0 heterocycles. The zero-order valence-electron chi connectivity index (χ0n) is 15.8. The fraction of sp³-hybridized carbons (Fsp3) is 0.333. The first-order valence-electron chi connectivity index (χ1n) is 8.58.